The first kappa shape index (κ1) is 12.0. The van der Waals surface area contributed by atoms with E-state index in [2.05, 4.69) is 4.98 Å². The second-order valence-electron chi connectivity index (χ2n) is 3.04. The van der Waals surface area contributed by atoms with Crippen LogP contribution in [0.3, 0.4) is 0 Å². The van der Waals surface area contributed by atoms with Crippen molar-refractivity contribution in [3.8, 4) is 6.07 Å². The van der Waals surface area contributed by atoms with Gasteiger partial charge in [-0.15, -0.1) is 0 Å². The molecule has 84 valence electrons. The summed E-state index contributed by atoms with van der Waals surface area (Å²) < 4.78 is 25.3. The minimum Gasteiger partial charge on any atom is -0.258 e. The van der Waals surface area contributed by atoms with Crippen LogP contribution < -0.4 is 0 Å². The zero-order valence-corrected chi connectivity index (χ0v) is 8.28. The summed E-state index contributed by atoms with van der Waals surface area (Å²) in [4.78, 5) is 13.4. The van der Waals surface area contributed by atoms with Crippen molar-refractivity contribution in [3.05, 3.63) is 33.1 Å². The molecular weight excluding hydrogens is 220 g/mol. The Labute approximate surface area is 89.5 Å². The number of rotatable bonds is 3. The normalized spacial score (nSPS) is 10.2. The van der Waals surface area contributed by atoms with Crippen LogP contribution in [0.1, 0.15) is 23.2 Å². The largest absolute Gasteiger partial charge is 0.300 e. The predicted molar refractivity (Wildman–Crippen MR) is 49.9 cm³/mol. The van der Waals surface area contributed by atoms with Crippen LogP contribution in [0, 0.1) is 28.4 Å². The summed E-state index contributed by atoms with van der Waals surface area (Å²) in [6.45, 7) is 1.32. The maximum atomic E-state index is 12.7. The Morgan fingerprint density at radius 1 is 1.69 bits per heavy atom. The van der Waals surface area contributed by atoms with Gasteiger partial charge >= 0.3 is 5.69 Å². The molecule has 0 aliphatic carbocycles. The zero-order valence-electron chi connectivity index (χ0n) is 8.28. The molecule has 7 heteroatoms. The summed E-state index contributed by atoms with van der Waals surface area (Å²) in [5.74, 6) is 0. The fraction of sp³-hybridized carbons (Fsp3) is 0.333. The van der Waals surface area contributed by atoms with E-state index in [0.717, 1.165) is 6.20 Å². The lowest BCUT2D eigenvalue weighted by Crippen LogP contribution is -2.05. The molecule has 1 rings (SSSR count). The Balaban J connectivity index is 3.51. The lowest BCUT2D eigenvalue weighted by molar-refractivity contribution is -0.387. The maximum Gasteiger partial charge on any atom is 0.300 e. The van der Waals surface area contributed by atoms with E-state index in [9.17, 15) is 18.9 Å². The van der Waals surface area contributed by atoms with E-state index in [4.69, 9.17) is 5.26 Å². The van der Waals surface area contributed by atoms with Crippen LogP contribution in [0.4, 0.5) is 14.5 Å². The van der Waals surface area contributed by atoms with Crippen molar-refractivity contribution in [2.45, 2.75) is 19.8 Å². The van der Waals surface area contributed by atoms with Crippen molar-refractivity contribution < 1.29 is 13.7 Å². The molecule has 0 atom stereocenters. The number of aromatic nitrogens is 1. The van der Waals surface area contributed by atoms with Gasteiger partial charge in [-0.3, -0.25) is 15.1 Å². The first-order valence-electron chi connectivity index (χ1n) is 4.27. The van der Waals surface area contributed by atoms with Gasteiger partial charge in [0.2, 0.25) is 0 Å². The van der Waals surface area contributed by atoms with E-state index in [1.54, 1.807) is 6.07 Å². The highest BCUT2D eigenvalue weighted by atomic mass is 19.3. The lowest BCUT2D eigenvalue weighted by atomic mass is 10.1. The van der Waals surface area contributed by atoms with Crippen molar-refractivity contribution in [1.29, 1.82) is 5.26 Å². The van der Waals surface area contributed by atoms with Gasteiger partial charge in [0.05, 0.1) is 17.4 Å². The molecule has 0 saturated carbocycles. The van der Waals surface area contributed by atoms with E-state index < -0.39 is 22.6 Å². The predicted octanol–water partition coefficient (Wildman–Crippen LogP) is 2.30. The van der Waals surface area contributed by atoms with Gasteiger partial charge in [0, 0.05) is 6.20 Å². The average Bonchev–Trinajstić information content (AvgIpc) is 2.19. The van der Waals surface area contributed by atoms with Gasteiger partial charge in [0.15, 0.2) is 0 Å². The highest BCUT2D eigenvalue weighted by Gasteiger charge is 2.28. The monoisotopic (exact) mass is 227 g/mol. The topological polar surface area (TPSA) is 79.8 Å². The number of hydrogen-bond acceptors (Lipinski definition) is 4. The molecule has 0 aromatic carbocycles. The molecule has 0 aliphatic heterocycles. The molecule has 1 aromatic heterocycles. The number of alkyl halides is 2. The summed E-state index contributed by atoms with van der Waals surface area (Å²) in [6.07, 6.45) is -2.21. The van der Waals surface area contributed by atoms with Crippen LogP contribution >= 0.6 is 0 Å². The van der Waals surface area contributed by atoms with Crippen LogP contribution in [-0.4, -0.2) is 9.91 Å². The summed E-state index contributed by atoms with van der Waals surface area (Å²) in [7, 11) is 0. The third-order valence-electron chi connectivity index (χ3n) is 2.01. The summed E-state index contributed by atoms with van der Waals surface area (Å²) in [5, 5.41) is 19.1. The van der Waals surface area contributed by atoms with Crippen molar-refractivity contribution >= 4 is 5.69 Å². The first-order chi connectivity index (χ1) is 7.49. The second-order valence-corrected chi connectivity index (χ2v) is 3.04. The fourth-order valence-corrected chi connectivity index (χ4v) is 1.33. The van der Waals surface area contributed by atoms with Crippen molar-refractivity contribution in [2.75, 3.05) is 0 Å². The van der Waals surface area contributed by atoms with Crippen molar-refractivity contribution in [2.24, 2.45) is 0 Å². The number of pyridine rings is 1. The summed E-state index contributed by atoms with van der Waals surface area (Å²) in [6, 6.07) is 1.65. The average molecular weight is 227 g/mol. The molecule has 5 nitrogen and oxygen atoms in total. The molecule has 0 bridgehead atoms. The van der Waals surface area contributed by atoms with Gasteiger partial charge in [0.1, 0.15) is 11.3 Å². The van der Waals surface area contributed by atoms with Crippen LogP contribution in [0.25, 0.3) is 0 Å². The van der Waals surface area contributed by atoms with Crippen LogP contribution in [-0.2, 0) is 6.42 Å². The highest BCUT2D eigenvalue weighted by molar-refractivity contribution is 5.49. The molecule has 0 fully saturated rings. The Kier molecular flexibility index (Phi) is 3.45. The van der Waals surface area contributed by atoms with Crippen LogP contribution in [0.2, 0.25) is 0 Å². The van der Waals surface area contributed by atoms with Crippen LogP contribution in [0.15, 0.2) is 6.20 Å². The summed E-state index contributed by atoms with van der Waals surface area (Å²) >= 11 is 0. The Bertz CT molecular complexity index is 469. The van der Waals surface area contributed by atoms with E-state index in [0.29, 0.717) is 0 Å². The second kappa shape index (κ2) is 4.61. The van der Waals surface area contributed by atoms with E-state index in [-0.39, 0.29) is 17.7 Å². The highest BCUT2D eigenvalue weighted by Crippen LogP contribution is 2.33. The molecule has 0 amide bonds. The molecule has 1 heterocycles. The molecule has 0 aliphatic rings. The van der Waals surface area contributed by atoms with E-state index >= 15 is 0 Å². The lowest BCUT2D eigenvalue weighted by Gasteiger charge is -2.07. The number of nitro groups is 1. The Morgan fingerprint density at radius 3 is 2.75 bits per heavy atom. The van der Waals surface area contributed by atoms with E-state index in [1.807, 2.05) is 0 Å². The van der Waals surface area contributed by atoms with Gasteiger partial charge in [-0.25, -0.2) is 8.78 Å². The minimum atomic E-state index is -2.96. The number of hydrogen-bond donors (Lipinski definition) is 0. The minimum absolute atomic E-state index is 0.0448. The quantitative estimate of drug-likeness (QED) is 0.586. The molecule has 1 aromatic rings. The number of nitrogens with zero attached hydrogens (tertiary/aromatic N) is 3. The van der Waals surface area contributed by atoms with Gasteiger partial charge in [-0.2, -0.15) is 5.26 Å². The fourth-order valence-electron chi connectivity index (χ4n) is 1.33. The molecular formula is C9H7F2N3O2. The van der Waals surface area contributed by atoms with Gasteiger partial charge < -0.3 is 0 Å². The van der Waals surface area contributed by atoms with Crippen LogP contribution in [0.5, 0.6) is 0 Å². The Morgan fingerprint density at radius 2 is 2.31 bits per heavy atom. The number of halogens is 2. The maximum absolute atomic E-state index is 12.7. The first-order valence-corrected chi connectivity index (χ1v) is 4.27. The smallest absolute Gasteiger partial charge is 0.258 e. The van der Waals surface area contributed by atoms with Gasteiger partial charge in [-0.1, -0.05) is 0 Å². The molecule has 0 N–H and O–H groups in total. The molecule has 0 radical (unpaired) electrons. The molecule has 16 heavy (non-hydrogen) atoms. The van der Waals surface area contributed by atoms with Crippen molar-refractivity contribution in [1.82, 2.24) is 4.98 Å². The molecule has 0 saturated heterocycles. The zero-order chi connectivity index (χ0) is 12.3. The third-order valence-corrected chi connectivity index (χ3v) is 2.01. The van der Waals surface area contributed by atoms with E-state index in [1.165, 1.54) is 6.92 Å². The standard InChI is InChI=1S/C9H7F2N3O2/c1-5-4-13-6(2-3-12)8(14(15)16)7(5)9(10)11/h4,9H,2H2,1H3. The van der Waals surface area contributed by atoms with Crippen molar-refractivity contribution in [3.63, 3.8) is 0 Å². The van der Waals surface area contributed by atoms with Gasteiger partial charge in [0.25, 0.3) is 6.43 Å². The molecule has 0 spiro atoms. The third kappa shape index (κ3) is 2.11. The SMILES string of the molecule is Cc1cnc(CC#N)c([N+](=O)[O-])c1C(F)F. The molecule has 0 unspecified atom stereocenters. The summed E-state index contributed by atoms with van der Waals surface area (Å²) in [5.41, 5.74) is -1.60. The Hall–Kier alpha value is -2.10. The number of nitriles is 1. The number of aryl methyl sites for hydroxylation is 1. The van der Waals surface area contributed by atoms with Gasteiger partial charge in [-0.05, 0) is 12.5 Å².